The van der Waals surface area contributed by atoms with E-state index in [-0.39, 0.29) is 6.03 Å². The van der Waals surface area contributed by atoms with Gasteiger partial charge in [-0.15, -0.1) is 0 Å². The van der Waals surface area contributed by atoms with Gasteiger partial charge in [-0.05, 0) is 67.4 Å². The highest BCUT2D eigenvalue weighted by molar-refractivity contribution is 6.00. The van der Waals surface area contributed by atoms with E-state index in [2.05, 4.69) is 21.0 Å². The fraction of sp³-hybridized carbons (Fsp3) is 0.286. The normalized spacial score (nSPS) is 14.1. The molecule has 4 aromatic rings. The fourth-order valence-corrected chi connectivity index (χ4v) is 4.48. The Morgan fingerprint density at radius 2 is 1.60 bits per heavy atom. The lowest BCUT2D eigenvalue weighted by Crippen LogP contribution is -2.33. The molecule has 0 atom stereocenters. The third-order valence-corrected chi connectivity index (χ3v) is 6.28. The minimum Gasteiger partial charge on any atom is -0.457 e. The standard InChI is InChI=1S/C28H31N5O2/c34-28(30-23-11-14-26(15-12-23)35-25-9-5-2-6-10-25)31-24-13-16-27-21(19-24)20-33(32-27)18-17-29-22-7-3-1-4-8-22/h2,5-6,9-16,19-20,22,29H,1,3-4,7-8,17-18H2,(H2,30,31,34). The Morgan fingerprint density at radius 3 is 2.40 bits per heavy atom. The van der Waals surface area contributed by atoms with Crippen LogP contribution in [0.5, 0.6) is 11.5 Å². The highest BCUT2D eigenvalue weighted by atomic mass is 16.5. The molecular weight excluding hydrogens is 438 g/mol. The molecule has 3 N–H and O–H groups in total. The molecule has 0 bridgehead atoms. The highest BCUT2D eigenvalue weighted by Crippen LogP contribution is 2.23. The Balaban J connectivity index is 1.13. The molecule has 1 fully saturated rings. The molecular formula is C28H31N5O2. The summed E-state index contributed by atoms with van der Waals surface area (Å²) in [7, 11) is 0. The first-order valence-electron chi connectivity index (χ1n) is 12.3. The van der Waals surface area contributed by atoms with Crippen molar-refractivity contribution in [1.29, 1.82) is 0 Å². The van der Waals surface area contributed by atoms with Crippen LogP contribution in [0.2, 0.25) is 0 Å². The molecule has 5 rings (SSSR count). The second kappa shape index (κ2) is 11.1. The van der Waals surface area contributed by atoms with Gasteiger partial charge >= 0.3 is 6.03 Å². The summed E-state index contributed by atoms with van der Waals surface area (Å²) >= 11 is 0. The number of aromatic nitrogens is 2. The number of benzene rings is 3. The maximum absolute atomic E-state index is 12.5. The summed E-state index contributed by atoms with van der Waals surface area (Å²) in [6.45, 7) is 1.75. The number of rotatable bonds is 8. The molecule has 1 aliphatic rings. The fourth-order valence-electron chi connectivity index (χ4n) is 4.48. The zero-order valence-electron chi connectivity index (χ0n) is 19.7. The summed E-state index contributed by atoms with van der Waals surface area (Å²) in [6.07, 6.45) is 8.63. The average molecular weight is 470 g/mol. The molecule has 0 unspecified atom stereocenters. The van der Waals surface area contributed by atoms with Gasteiger partial charge in [0.25, 0.3) is 0 Å². The van der Waals surface area contributed by atoms with E-state index in [1.54, 1.807) is 0 Å². The molecule has 0 aliphatic heterocycles. The van der Waals surface area contributed by atoms with Crippen LogP contribution in [0.3, 0.4) is 0 Å². The van der Waals surface area contributed by atoms with Crippen LogP contribution in [-0.4, -0.2) is 28.4 Å². The minimum absolute atomic E-state index is 0.301. The largest absolute Gasteiger partial charge is 0.457 e. The van der Waals surface area contributed by atoms with Crippen molar-refractivity contribution in [2.24, 2.45) is 0 Å². The quantitative estimate of drug-likeness (QED) is 0.279. The molecule has 7 nitrogen and oxygen atoms in total. The first kappa shape index (κ1) is 22.9. The van der Waals surface area contributed by atoms with Crippen LogP contribution in [0.25, 0.3) is 10.9 Å². The molecule has 1 heterocycles. The van der Waals surface area contributed by atoms with E-state index in [4.69, 9.17) is 4.74 Å². The van der Waals surface area contributed by atoms with Crippen LogP contribution in [0, 0.1) is 0 Å². The predicted octanol–water partition coefficient (Wildman–Crippen LogP) is 6.39. The van der Waals surface area contributed by atoms with E-state index < -0.39 is 0 Å². The van der Waals surface area contributed by atoms with E-state index in [1.807, 2.05) is 83.7 Å². The van der Waals surface area contributed by atoms with E-state index in [0.717, 1.165) is 35.4 Å². The summed E-state index contributed by atoms with van der Waals surface area (Å²) in [5.41, 5.74) is 2.32. The van der Waals surface area contributed by atoms with Crippen molar-refractivity contribution in [3.05, 3.63) is 79.0 Å². The van der Waals surface area contributed by atoms with Crippen LogP contribution in [-0.2, 0) is 6.54 Å². The number of fused-ring (bicyclic) bond motifs is 1. The summed E-state index contributed by atoms with van der Waals surface area (Å²) in [5, 5.41) is 15.1. The maximum atomic E-state index is 12.5. The highest BCUT2D eigenvalue weighted by Gasteiger charge is 2.12. The molecule has 1 aliphatic carbocycles. The molecule has 1 saturated carbocycles. The van der Waals surface area contributed by atoms with E-state index in [9.17, 15) is 4.79 Å². The summed E-state index contributed by atoms with van der Waals surface area (Å²) < 4.78 is 7.77. The first-order valence-corrected chi connectivity index (χ1v) is 12.3. The lowest BCUT2D eigenvalue weighted by atomic mass is 9.95. The number of para-hydroxylation sites is 1. The number of hydrogen-bond acceptors (Lipinski definition) is 4. The molecule has 0 radical (unpaired) electrons. The number of carbonyl (C=O) groups excluding carboxylic acids is 1. The van der Waals surface area contributed by atoms with Crippen molar-refractivity contribution in [3.8, 4) is 11.5 Å². The van der Waals surface area contributed by atoms with Gasteiger partial charge in [0.15, 0.2) is 0 Å². The molecule has 2 amide bonds. The van der Waals surface area contributed by atoms with E-state index in [1.165, 1.54) is 32.1 Å². The van der Waals surface area contributed by atoms with Crippen LogP contribution < -0.4 is 20.7 Å². The Hall–Kier alpha value is -3.84. The topological polar surface area (TPSA) is 80.2 Å². The third kappa shape index (κ3) is 6.39. The molecule has 7 heteroatoms. The number of urea groups is 1. The number of amides is 2. The summed E-state index contributed by atoms with van der Waals surface area (Å²) in [4.78, 5) is 12.5. The van der Waals surface area contributed by atoms with Gasteiger partial charge in [-0.3, -0.25) is 4.68 Å². The van der Waals surface area contributed by atoms with E-state index in [0.29, 0.717) is 17.5 Å². The van der Waals surface area contributed by atoms with Crippen molar-refractivity contribution < 1.29 is 9.53 Å². The van der Waals surface area contributed by atoms with Crippen LogP contribution in [0.4, 0.5) is 16.2 Å². The monoisotopic (exact) mass is 469 g/mol. The molecule has 35 heavy (non-hydrogen) atoms. The Morgan fingerprint density at radius 1 is 0.886 bits per heavy atom. The van der Waals surface area contributed by atoms with Gasteiger partial charge in [0.1, 0.15) is 11.5 Å². The van der Waals surface area contributed by atoms with Crippen molar-refractivity contribution >= 4 is 28.3 Å². The van der Waals surface area contributed by atoms with E-state index >= 15 is 0 Å². The van der Waals surface area contributed by atoms with Gasteiger partial charge in [-0.1, -0.05) is 37.5 Å². The van der Waals surface area contributed by atoms with Gasteiger partial charge in [0.2, 0.25) is 0 Å². The lowest BCUT2D eigenvalue weighted by molar-refractivity contribution is 0.262. The Labute approximate surface area is 205 Å². The SMILES string of the molecule is O=C(Nc1ccc(Oc2ccccc2)cc1)Nc1ccc2nn(CCNC3CCCCC3)cc2c1. The Kier molecular flexibility index (Phi) is 7.24. The van der Waals surface area contributed by atoms with Crippen molar-refractivity contribution in [2.75, 3.05) is 17.2 Å². The summed E-state index contributed by atoms with van der Waals surface area (Å²) in [6, 6.07) is 23.0. The average Bonchev–Trinajstić information content (AvgIpc) is 3.28. The van der Waals surface area contributed by atoms with Crippen LogP contribution >= 0.6 is 0 Å². The maximum Gasteiger partial charge on any atom is 0.323 e. The first-order chi connectivity index (χ1) is 17.2. The van der Waals surface area contributed by atoms with Gasteiger partial charge in [0, 0.05) is 35.5 Å². The van der Waals surface area contributed by atoms with Gasteiger partial charge < -0.3 is 20.7 Å². The van der Waals surface area contributed by atoms with Crippen molar-refractivity contribution in [2.45, 2.75) is 44.7 Å². The number of carbonyl (C=O) groups is 1. The summed E-state index contributed by atoms with van der Waals surface area (Å²) in [5.74, 6) is 1.48. The number of hydrogen-bond donors (Lipinski definition) is 3. The molecule has 0 spiro atoms. The smallest absolute Gasteiger partial charge is 0.323 e. The van der Waals surface area contributed by atoms with Gasteiger partial charge in [-0.25, -0.2) is 4.79 Å². The van der Waals surface area contributed by atoms with Crippen LogP contribution in [0.1, 0.15) is 32.1 Å². The number of anilines is 2. The lowest BCUT2D eigenvalue weighted by Gasteiger charge is -2.22. The van der Waals surface area contributed by atoms with Crippen molar-refractivity contribution in [3.63, 3.8) is 0 Å². The second-order valence-corrected chi connectivity index (χ2v) is 8.97. The van der Waals surface area contributed by atoms with Crippen LogP contribution in [0.15, 0.2) is 79.0 Å². The second-order valence-electron chi connectivity index (χ2n) is 8.97. The molecule has 3 aromatic carbocycles. The number of nitrogens with zero attached hydrogens (tertiary/aromatic N) is 2. The van der Waals surface area contributed by atoms with Crippen molar-refractivity contribution in [1.82, 2.24) is 15.1 Å². The van der Waals surface area contributed by atoms with Gasteiger partial charge in [0.05, 0.1) is 12.1 Å². The minimum atomic E-state index is -0.301. The number of ether oxygens (including phenoxy) is 1. The third-order valence-electron chi connectivity index (χ3n) is 6.28. The molecule has 1 aromatic heterocycles. The zero-order chi connectivity index (χ0) is 23.9. The molecule has 0 saturated heterocycles. The Bertz CT molecular complexity index is 1250. The predicted molar refractivity (Wildman–Crippen MR) is 140 cm³/mol. The van der Waals surface area contributed by atoms with Gasteiger partial charge in [-0.2, -0.15) is 5.10 Å². The number of nitrogens with one attached hydrogen (secondary N) is 3. The zero-order valence-corrected chi connectivity index (χ0v) is 19.7. The molecule has 180 valence electrons.